The molecule has 1 aromatic carbocycles. The van der Waals surface area contributed by atoms with Crippen LogP contribution in [0.3, 0.4) is 0 Å². The molecule has 2 heterocycles. The topological polar surface area (TPSA) is 68.0 Å². The number of pyridine rings is 1. The maximum Gasteiger partial charge on any atom is 0.274 e. The third-order valence-electron chi connectivity index (χ3n) is 4.38. The Kier molecular flexibility index (Phi) is 4.06. The average molecular weight is 333 g/mol. The van der Waals surface area contributed by atoms with E-state index in [2.05, 4.69) is 21.5 Å². The molecule has 3 aromatic rings. The molecule has 1 amide bonds. The Morgan fingerprint density at radius 3 is 2.80 bits per heavy atom. The second-order valence-electron chi connectivity index (χ2n) is 6.46. The fourth-order valence-corrected chi connectivity index (χ4v) is 2.89. The van der Waals surface area contributed by atoms with Gasteiger partial charge in [0.1, 0.15) is 5.76 Å². The largest absolute Gasteiger partial charge is 0.360 e. The first-order chi connectivity index (χ1) is 12.2. The predicted octanol–water partition coefficient (Wildman–Crippen LogP) is 3.77. The first-order valence-electron chi connectivity index (χ1n) is 8.45. The van der Waals surface area contributed by atoms with Crippen LogP contribution in [-0.4, -0.2) is 16.0 Å². The van der Waals surface area contributed by atoms with Gasteiger partial charge < -0.3 is 9.84 Å². The van der Waals surface area contributed by atoms with Crippen LogP contribution in [0.25, 0.3) is 0 Å². The van der Waals surface area contributed by atoms with Crippen molar-refractivity contribution in [3.63, 3.8) is 0 Å². The lowest BCUT2D eigenvalue weighted by Crippen LogP contribution is -2.30. The molecule has 1 aliphatic carbocycles. The van der Waals surface area contributed by atoms with Crippen LogP contribution in [0.15, 0.2) is 59.3 Å². The van der Waals surface area contributed by atoms with Crippen LogP contribution in [0.5, 0.6) is 0 Å². The lowest BCUT2D eigenvalue weighted by molar-refractivity contribution is 0.0933. The maximum atomic E-state index is 12.7. The van der Waals surface area contributed by atoms with E-state index in [1.165, 1.54) is 0 Å². The van der Waals surface area contributed by atoms with Crippen LogP contribution < -0.4 is 5.32 Å². The lowest BCUT2D eigenvalue weighted by atomic mass is 10.0. The second-order valence-corrected chi connectivity index (χ2v) is 6.46. The van der Waals surface area contributed by atoms with E-state index in [-0.39, 0.29) is 11.9 Å². The molecule has 2 aromatic heterocycles. The third-order valence-corrected chi connectivity index (χ3v) is 4.38. The highest BCUT2D eigenvalue weighted by molar-refractivity contribution is 5.92. The van der Waals surface area contributed by atoms with Crippen LogP contribution in [0.2, 0.25) is 0 Å². The Bertz CT molecular complexity index is 885. The number of amides is 1. The number of nitrogens with one attached hydrogen (secondary N) is 1. The molecule has 126 valence electrons. The number of nitrogens with zero attached hydrogens (tertiary/aromatic N) is 2. The van der Waals surface area contributed by atoms with Gasteiger partial charge in [0.25, 0.3) is 5.91 Å². The highest BCUT2D eigenvalue weighted by Gasteiger charge is 2.29. The fraction of sp³-hybridized carbons (Fsp3) is 0.250. The number of hydrogen-bond donors (Lipinski definition) is 1. The molecule has 5 heteroatoms. The van der Waals surface area contributed by atoms with Gasteiger partial charge in [-0.15, -0.1) is 0 Å². The minimum Gasteiger partial charge on any atom is -0.360 e. The summed E-state index contributed by atoms with van der Waals surface area (Å²) in [5.74, 6) is 0.973. The summed E-state index contributed by atoms with van der Waals surface area (Å²) in [5.41, 5.74) is 3.21. The molecule has 1 N–H and O–H groups in total. The van der Waals surface area contributed by atoms with Crippen LogP contribution >= 0.6 is 0 Å². The van der Waals surface area contributed by atoms with E-state index in [1.54, 1.807) is 12.3 Å². The van der Waals surface area contributed by atoms with Gasteiger partial charge in [-0.2, -0.15) is 0 Å². The number of aromatic nitrogens is 2. The molecular formula is C20H19N3O2. The summed E-state index contributed by atoms with van der Waals surface area (Å²) in [6.07, 6.45) is 3.94. The Morgan fingerprint density at radius 2 is 2.08 bits per heavy atom. The number of benzene rings is 1. The molecule has 4 rings (SSSR count). The van der Waals surface area contributed by atoms with E-state index < -0.39 is 0 Å². The third kappa shape index (κ3) is 3.45. The maximum absolute atomic E-state index is 12.7. The summed E-state index contributed by atoms with van der Waals surface area (Å²) in [5, 5.41) is 6.97. The number of carbonyl (C=O) groups excluding carboxylic acids is 1. The first-order valence-corrected chi connectivity index (χ1v) is 8.45. The smallest absolute Gasteiger partial charge is 0.274 e. The number of hydrogen-bond acceptors (Lipinski definition) is 4. The molecular weight excluding hydrogens is 314 g/mol. The minimum atomic E-state index is -0.338. The van der Waals surface area contributed by atoms with Gasteiger partial charge in [0.15, 0.2) is 5.69 Å². The van der Waals surface area contributed by atoms with E-state index >= 15 is 0 Å². The molecule has 0 saturated heterocycles. The number of carbonyl (C=O) groups is 1. The van der Waals surface area contributed by atoms with Gasteiger partial charge in [-0.1, -0.05) is 41.1 Å². The molecule has 0 bridgehead atoms. The molecule has 1 unspecified atom stereocenters. The van der Waals surface area contributed by atoms with Crippen LogP contribution in [-0.2, 0) is 0 Å². The normalized spacial score (nSPS) is 14.9. The van der Waals surface area contributed by atoms with E-state index in [1.807, 2.05) is 43.3 Å². The molecule has 0 spiro atoms. The Morgan fingerprint density at radius 1 is 1.20 bits per heavy atom. The van der Waals surface area contributed by atoms with Crippen molar-refractivity contribution in [2.24, 2.45) is 0 Å². The van der Waals surface area contributed by atoms with E-state index in [4.69, 9.17) is 4.52 Å². The van der Waals surface area contributed by atoms with Gasteiger partial charge in [0.05, 0.1) is 11.7 Å². The summed E-state index contributed by atoms with van der Waals surface area (Å²) in [4.78, 5) is 17.1. The molecule has 1 atom stereocenters. The minimum absolute atomic E-state index is 0.257. The van der Waals surface area contributed by atoms with E-state index in [9.17, 15) is 4.79 Å². The highest BCUT2D eigenvalue weighted by atomic mass is 16.5. The first kappa shape index (κ1) is 15.6. The van der Waals surface area contributed by atoms with Gasteiger partial charge >= 0.3 is 0 Å². The van der Waals surface area contributed by atoms with Crippen molar-refractivity contribution >= 4 is 5.91 Å². The zero-order valence-electron chi connectivity index (χ0n) is 14.0. The Labute approximate surface area is 146 Å². The van der Waals surface area contributed by atoms with Crippen LogP contribution in [0.1, 0.15) is 57.9 Å². The lowest BCUT2D eigenvalue weighted by Gasteiger charge is -2.18. The molecule has 0 aliphatic heterocycles. The van der Waals surface area contributed by atoms with Crippen molar-refractivity contribution in [2.45, 2.75) is 31.7 Å². The van der Waals surface area contributed by atoms with E-state index in [0.29, 0.717) is 11.6 Å². The van der Waals surface area contributed by atoms with Crippen molar-refractivity contribution in [3.05, 3.63) is 83.0 Å². The van der Waals surface area contributed by atoms with Gasteiger partial charge in [-0.25, -0.2) is 0 Å². The molecule has 0 radical (unpaired) electrons. The number of rotatable bonds is 5. The molecule has 5 nitrogen and oxygen atoms in total. The van der Waals surface area contributed by atoms with Gasteiger partial charge in [-0.05, 0) is 37.5 Å². The molecule has 25 heavy (non-hydrogen) atoms. The van der Waals surface area contributed by atoms with Crippen molar-refractivity contribution in [3.8, 4) is 0 Å². The summed E-state index contributed by atoms with van der Waals surface area (Å²) in [7, 11) is 0. The van der Waals surface area contributed by atoms with Crippen molar-refractivity contribution in [2.75, 3.05) is 0 Å². The van der Waals surface area contributed by atoms with Crippen LogP contribution in [0.4, 0.5) is 0 Å². The SMILES string of the molecule is Cc1cccc(C(NC(=O)c2cc(C3CC3)on2)c2ccccn2)c1. The number of aryl methyl sites for hydroxylation is 1. The fourth-order valence-electron chi connectivity index (χ4n) is 2.89. The van der Waals surface area contributed by atoms with E-state index in [0.717, 1.165) is 35.4 Å². The van der Waals surface area contributed by atoms with Crippen molar-refractivity contribution in [1.29, 1.82) is 0 Å². The van der Waals surface area contributed by atoms with Crippen LogP contribution in [0, 0.1) is 6.92 Å². The van der Waals surface area contributed by atoms with Crippen molar-refractivity contribution in [1.82, 2.24) is 15.5 Å². The highest BCUT2D eigenvalue weighted by Crippen LogP contribution is 2.40. The van der Waals surface area contributed by atoms with Gasteiger partial charge in [-0.3, -0.25) is 9.78 Å². The molecule has 1 fully saturated rings. The Balaban J connectivity index is 1.62. The molecule has 1 saturated carbocycles. The Hall–Kier alpha value is -2.95. The van der Waals surface area contributed by atoms with Gasteiger partial charge in [0.2, 0.25) is 0 Å². The molecule has 1 aliphatic rings. The summed E-state index contributed by atoms with van der Waals surface area (Å²) in [6.45, 7) is 2.03. The van der Waals surface area contributed by atoms with Gasteiger partial charge in [0, 0.05) is 18.2 Å². The summed E-state index contributed by atoms with van der Waals surface area (Å²) >= 11 is 0. The summed E-state index contributed by atoms with van der Waals surface area (Å²) in [6, 6.07) is 15.1. The monoisotopic (exact) mass is 333 g/mol. The quantitative estimate of drug-likeness (QED) is 0.771. The standard InChI is InChI=1S/C20H19N3O2/c1-13-5-4-6-15(11-13)19(16-7-2-3-10-21-16)22-20(24)17-12-18(25-23-17)14-8-9-14/h2-7,10-12,14,19H,8-9H2,1H3,(H,22,24). The zero-order valence-corrected chi connectivity index (χ0v) is 14.0. The second kappa shape index (κ2) is 6.51. The average Bonchev–Trinajstić information content (AvgIpc) is 3.37. The predicted molar refractivity (Wildman–Crippen MR) is 93.2 cm³/mol. The summed E-state index contributed by atoms with van der Waals surface area (Å²) < 4.78 is 5.30. The van der Waals surface area contributed by atoms with Crippen molar-refractivity contribution < 1.29 is 9.32 Å². The zero-order chi connectivity index (χ0) is 17.2.